The number of hydrogen-bond donors (Lipinski definition) is 0. The predicted octanol–water partition coefficient (Wildman–Crippen LogP) is 6.03. The van der Waals surface area contributed by atoms with Crippen molar-refractivity contribution in [2.75, 3.05) is 0 Å². The summed E-state index contributed by atoms with van der Waals surface area (Å²) in [4.78, 5) is 16.6. The molecule has 1 unspecified atom stereocenters. The van der Waals surface area contributed by atoms with Crippen LogP contribution < -0.4 is 0 Å². The van der Waals surface area contributed by atoms with Crippen molar-refractivity contribution < 1.29 is 13.9 Å². The molecule has 0 radical (unpaired) electrons. The minimum Gasteiger partial charge on any atom is -0.458 e. The molecule has 3 nitrogen and oxygen atoms in total. The Balaban J connectivity index is 1.69. The number of hydrogen-bond acceptors (Lipinski definition) is 3. The number of carbonyl (C=O) groups is 1. The van der Waals surface area contributed by atoms with Crippen LogP contribution in [0.2, 0.25) is 0 Å². The van der Waals surface area contributed by atoms with Gasteiger partial charge in [-0.2, -0.15) is 0 Å². The minimum atomic E-state index is -0.249. The fraction of sp³-hybridized carbons (Fsp3) is 0.280. The number of rotatable bonds is 4. The molecule has 0 spiro atoms. The monoisotopic (exact) mass is 387 g/mol. The van der Waals surface area contributed by atoms with E-state index in [1.807, 2.05) is 36.4 Å². The molecule has 3 aromatic rings. The third-order valence-electron chi connectivity index (χ3n) is 5.69. The first-order valence-corrected chi connectivity index (χ1v) is 10.3. The first-order valence-electron chi connectivity index (χ1n) is 10.3. The van der Waals surface area contributed by atoms with Gasteiger partial charge in [0.2, 0.25) is 0 Å². The van der Waals surface area contributed by atoms with E-state index >= 15 is 0 Å². The summed E-state index contributed by atoms with van der Waals surface area (Å²) in [6, 6.07) is 14.7. The molecule has 1 atom stereocenters. The molecule has 2 aliphatic rings. The lowest BCUT2D eigenvalue weighted by molar-refractivity contribution is -0.150. The summed E-state index contributed by atoms with van der Waals surface area (Å²) in [5.74, 6) is 0.0665. The van der Waals surface area contributed by atoms with E-state index in [1.165, 1.54) is 12.1 Å². The Labute approximate surface area is 169 Å². The average Bonchev–Trinajstić information content (AvgIpc) is 3.57. The lowest BCUT2D eigenvalue weighted by atomic mass is 9.92. The highest BCUT2D eigenvalue weighted by atomic mass is 19.1. The van der Waals surface area contributed by atoms with Crippen LogP contribution in [0.15, 0.2) is 54.6 Å². The van der Waals surface area contributed by atoms with E-state index in [2.05, 4.69) is 12.1 Å². The maximum atomic E-state index is 13.6. The fourth-order valence-electron chi connectivity index (χ4n) is 4.08. The molecule has 1 aromatic heterocycles. The molecule has 4 heteroatoms. The molecule has 2 heterocycles. The molecule has 1 saturated carbocycles. The van der Waals surface area contributed by atoms with E-state index in [0.717, 1.165) is 59.0 Å². The summed E-state index contributed by atoms with van der Waals surface area (Å²) < 4.78 is 19.1. The summed E-state index contributed by atoms with van der Waals surface area (Å²) in [6.07, 6.45) is 8.31. The molecule has 0 amide bonds. The Hall–Kier alpha value is -3.01. The van der Waals surface area contributed by atoms with Crippen LogP contribution in [-0.2, 0) is 9.53 Å². The summed E-state index contributed by atoms with van der Waals surface area (Å²) >= 11 is 0. The van der Waals surface area contributed by atoms with E-state index < -0.39 is 0 Å². The zero-order valence-corrected chi connectivity index (χ0v) is 16.1. The molecule has 0 N–H and O–H groups in total. The van der Waals surface area contributed by atoms with Crippen molar-refractivity contribution in [2.24, 2.45) is 0 Å². The van der Waals surface area contributed by atoms with E-state index in [1.54, 1.807) is 0 Å². The second-order valence-corrected chi connectivity index (χ2v) is 7.86. The van der Waals surface area contributed by atoms with Crippen molar-refractivity contribution in [1.82, 2.24) is 4.98 Å². The number of pyridine rings is 1. The van der Waals surface area contributed by atoms with Gasteiger partial charge in [0.15, 0.2) is 0 Å². The van der Waals surface area contributed by atoms with Crippen molar-refractivity contribution in [3.05, 3.63) is 71.7 Å². The summed E-state index contributed by atoms with van der Waals surface area (Å²) in [7, 11) is 0. The maximum Gasteiger partial charge on any atom is 0.306 e. The van der Waals surface area contributed by atoms with Gasteiger partial charge in [-0.3, -0.25) is 9.78 Å². The van der Waals surface area contributed by atoms with E-state index in [9.17, 15) is 9.18 Å². The third-order valence-corrected chi connectivity index (χ3v) is 5.69. The van der Waals surface area contributed by atoms with Crippen LogP contribution in [0.25, 0.3) is 28.1 Å². The largest absolute Gasteiger partial charge is 0.458 e. The van der Waals surface area contributed by atoms with E-state index in [0.29, 0.717) is 12.3 Å². The first kappa shape index (κ1) is 18.0. The van der Waals surface area contributed by atoms with Crippen LogP contribution in [0.1, 0.15) is 49.3 Å². The number of esters is 1. The highest BCUT2D eigenvalue weighted by Gasteiger charge is 2.29. The number of aromatic nitrogens is 1. The zero-order chi connectivity index (χ0) is 19.8. The second-order valence-electron chi connectivity index (χ2n) is 7.86. The Morgan fingerprint density at radius 2 is 1.83 bits per heavy atom. The topological polar surface area (TPSA) is 39.2 Å². The van der Waals surface area contributed by atoms with Crippen molar-refractivity contribution in [3.63, 3.8) is 0 Å². The number of halogens is 1. The zero-order valence-electron chi connectivity index (χ0n) is 16.1. The molecular weight excluding hydrogens is 365 g/mol. The molecule has 2 aromatic carbocycles. The molecule has 2 fully saturated rings. The van der Waals surface area contributed by atoms with Gasteiger partial charge in [-0.1, -0.05) is 36.4 Å². The van der Waals surface area contributed by atoms with Gasteiger partial charge in [0.25, 0.3) is 0 Å². The normalized spacial score (nSPS) is 19.6. The van der Waals surface area contributed by atoms with Gasteiger partial charge in [0.1, 0.15) is 11.9 Å². The standard InChI is InChI=1S/C25H22FNO2/c26-18-12-10-16(11-13-18)24-20-5-1-2-6-22(20)27-25(17-8-9-17)21(24)15-14-19-4-3-7-23(28)29-19/h1-2,5-6,10-15,17,19H,3-4,7-9H2/b15-14+. The Morgan fingerprint density at radius 3 is 2.59 bits per heavy atom. The van der Waals surface area contributed by atoms with Gasteiger partial charge in [0, 0.05) is 28.9 Å². The van der Waals surface area contributed by atoms with Gasteiger partial charge in [-0.15, -0.1) is 0 Å². The number of fused-ring (bicyclic) bond motifs is 1. The highest BCUT2D eigenvalue weighted by Crippen LogP contribution is 2.45. The number of para-hydroxylation sites is 1. The average molecular weight is 387 g/mol. The molecule has 1 aliphatic carbocycles. The number of ether oxygens (including phenoxy) is 1. The van der Waals surface area contributed by atoms with Gasteiger partial charge < -0.3 is 4.74 Å². The van der Waals surface area contributed by atoms with Crippen LogP contribution in [0.5, 0.6) is 0 Å². The van der Waals surface area contributed by atoms with Crippen molar-refractivity contribution in [3.8, 4) is 11.1 Å². The van der Waals surface area contributed by atoms with Crippen LogP contribution >= 0.6 is 0 Å². The SMILES string of the molecule is O=C1CCCC(/C=C/c2c(C3CC3)nc3ccccc3c2-c2ccc(F)cc2)O1. The third kappa shape index (κ3) is 3.67. The highest BCUT2D eigenvalue weighted by molar-refractivity contribution is 5.99. The number of benzene rings is 2. The smallest absolute Gasteiger partial charge is 0.306 e. The van der Waals surface area contributed by atoms with Gasteiger partial charge >= 0.3 is 5.97 Å². The van der Waals surface area contributed by atoms with Gasteiger partial charge in [-0.05, 0) is 55.5 Å². The van der Waals surface area contributed by atoms with Crippen molar-refractivity contribution in [1.29, 1.82) is 0 Å². The molecule has 29 heavy (non-hydrogen) atoms. The maximum absolute atomic E-state index is 13.6. The number of carbonyl (C=O) groups excluding carboxylic acids is 1. The van der Waals surface area contributed by atoms with Gasteiger partial charge in [0.05, 0.1) is 11.2 Å². The quantitative estimate of drug-likeness (QED) is 0.513. The predicted molar refractivity (Wildman–Crippen MR) is 112 cm³/mol. The van der Waals surface area contributed by atoms with Crippen LogP contribution in [0.4, 0.5) is 4.39 Å². The lowest BCUT2D eigenvalue weighted by Gasteiger charge is -2.20. The Morgan fingerprint density at radius 1 is 1.03 bits per heavy atom. The summed E-state index contributed by atoms with van der Waals surface area (Å²) in [5, 5.41) is 1.05. The van der Waals surface area contributed by atoms with Crippen molar-refractivity contribution in [2.45, 2.75) is 44.1 Å². The van der Waals surface area contributed by atoms with Crippen LogP contribution in [-0.4, -0.2) is 17.1 Å². The molecule has 1 aliphatic heterocycles. The second kappa shape index (κ2) is 7.43. The molecular formula is C25H22FNO2. The van der Waals surface area contributed by atoms with Crippen LogP contribution in [0.3, 0.4) is 0 Å². The Kier molecular flexibility index (Phi) is 4.62. The molecule has 5 rings (SSSR count). The van der Waals surface area contributed by atoms with Crippen LogP contribution in [0, 0.1) is 5.82 Å². The molecule has 146 valence electrons. The fourth-order valence-corrected chi connectivity index (χ4v) is 4.08. The molecule has 1 saturated heterocycles. The molecule has 0 bridgehead atoms. The van der Waals surface area contributed by atoms with Crippen molar-refractivity contribution >= 4 is 22.9 Å². The summed E-state index contributed by atoms with van der Waals surface area (Å²) in [6.45, 7) is 0. The van der Waals surface area contributed by atoms with E-state index in [4.69, 9.17) is 9.72 Å². The minimum absolute atomic E-state index is 0.135. The number of nitrogens with zero attached hydrogens (tertiary/aromatic N) is 1. The van der Waals surface area contributed by atoms with Gasteiger partial charge in [-0.25, -0.2) is 4.39 Å². The lowest BCUT2D eigenvalue weighted by Crippen LogP contribution is -2.21. The Bertz CT molecular complexity index is 1100. The number of cyclic esters (lactones) is 1. The van der Waals surface area contributed by atoms with E-state index in [-0.39, 0.29) is 17.9 Å². The summed E-state index contributed by atoms with van der Waals surface area (Å²) in [5.41, 5.74) is 5.12. The first-order chi connectivity index (χ1) is 14.2.